The summed E-state index contributed by atoms with van der Waals surface area (Å²) < 4.78 is 19.1. The first-order valence-corrected chi connectivity index (χ1v) is 9.29. The van der Waals surface area contributed by atoms with E-state index in [1.165, 1.54) is 38.5 Å². The van der Waals surface area contributed by atoms with Gasteiger partial charge in [0, 0.05) is 6.54 Å². The van der Waals surface area contributed by atoms with Crippen LogP contribution < -0.4 is 10.1 Å². The van der Waals surface area contributed by atoms with Crippen molar-refractivity contribution in [3.63, 3.8) is 0 Å². The summed E-state index contributed by atoms with van der Waals surface area (Å²) in [5, 5.41) is 13.6. The number of halogens is 1. The van der Waals surface area contributed by atoms with E-state index < -0.39 is 17.8 Å². The first-order chi connectivity index (χ1) is 12.0. The molecule has 1 aromatic carbocycles. The van der Waals surface area contributed by atoms with Gasteiger partial charge in [0.25, 0.3) is 5.91 Å². The van der Waals surface area contributed by atoms with Gasteiger partial charge in [-0.25, -0.2) is 4.39 Å². The van der Waals surface area contributed by atoms with Crippen LogP contribution in [0, 0.1) is 29.0 Å². The van der Waals surface area contributed by atoms with E-state index in [2.05, 4.69) is 5.32 Å². The molecule has 4 bridgehead atoms. The third-order valence-corrected chi connectivity index (χ3v) is 6.67. The monoisotopic (exact) mass is 347 g/mol. The van der Waals surface area contributed by atoms with Crippen LogP contribution in [0.2, 0.25) is 0 Å². The summed E-state index contributed by atoms with van der Waals surface area (Å²) in [6, 6.07) is 4.32. The summed E-state index contributed by atoms with van der Waals surface area (Å²) in [5.74, 6) is 1.29. The average molecular weight is 347 g/mol. The van der Waals surface area contributed by atoms with E-state index in [1.54, 1.807) is 6.07 Å². The fourth-order valence-electron chi connectivity index (χ4n) is 5.97. The molecule has 0 aliphatic heterocycles. The van der Waals surface area contributed by atoms with Gasteiger partial charge in [0.05, 0.1) is 13.2 Å². The largest absolute Gasteiger partial charge is 0.496 e. The van der Waals surface area contributed by atoms with Crippen LogP contribution in [0.25, 0.3) is 0 Å². The van der Waals surface area contributed by atoms with E-state index in [0.29, 0.717) is 0 Å². The van der Waals surface area contributed by atoms with Crippen LogP contribution in [0.5, 0.6) is 5.75 Å². The number of nitrogens with one attached hydrogen (secondary N) is 1. The van der Waals surface area contributed by atoms with Gasteiger partial charge in [0.2, 0.25) is 0 Å². The zero-order chi connectivity index (χ0) is 17.6. The van der Waals surface area contributed by atoms with E-state index in [0.717, 1.165) is 37.0 Å². The normalized spacial score (nSPS) is 34.0. The first kappa shape index (κ1) is 16.8. The van der Waals surface area contributed by atoms with Gasteiger partial charge < -0.3 is 15.2 Å². The highest BCUT2D eigenvalue weighted by Gasteiger charge is 2.53. The molecule has 0 saturated heterocycles. The van der Waals surface area contributed by atoms with Crippen LogP contribution in [-0.2, 0) is 0 Å². The Morgan fingerprint density at radius 3 is 2.44 bits per heavy atom. The fraction of sp³-hybridized carbons (Fsp3) is 0.650. The second-order valence-corrected chi connectivity index (χ2v) is 8.32. The molecule has 4 aliphatic rings. The fourth-order valence-corrected chi connectivity index (χ4v) is 5.97. The van der Waals surface area contributed by atoms with Crippen molar-refractivity contribution < 1.29 is 19.0 Å². The molecule has 1 atom stereocenters. The standard InChI is InChI=1S/C20H26FNO3/c1-25-16-4-2-3-15(21)18(16)19(24)22-11-17(23)20-8-12-5-13(9-20)7-14(6-12)10-20/h2-4,12-14,17,23H,5-11H2,1H3,(H,22,24). The molecule has 0 aromatic heterocycles. The van der Waals surface area contributed by atoms with Crippen LogP contribution >= 0.6 is 0 Å². The summed E-state index contributed by atoms with van der Waals surface area (Å²) >= 11 is 0. The van der Waals surface area contributed by atoms with Crippen molar-refractivity contribution in [3.05, 3.63) is 29.6 Å². The van der Waals surface area contributed by atoms with E-state index >= 15 is 0 Å². The number of aliphatic hydroxyl groups excluding tert-OH is 1. The Bertz CT molecular complexity index is 640. The van der Waals surface area contributed by atoms with Crippen molar-refractivity contribution in [3.8, 4) is 5.75 Å². The summed E-state index contributed by atoms with van der Waals surface area (Å²) in [6.45, 7) is 0.169. The Balaban J connectivity index is 1.44. The Hall–Kier alpha value is -1.62. The second-order valence-electron chi connectivity index (χ2n) is 8.32. The molecule has 2 N–H and O–H groups in total. The lowest BCUT2D eigenvalue weighted by Crippen LogP contribution is -2.54. The number of hydrogen-bond acceptors (Lipinski definition) is 3. The minimum absolute atomic E-state index is 0.0542. The molecule has 1 unspecified atom stereocenters. The maximum atomic E-state index is 14.0. The highest BCUT2D eigenvalue weighted by Crippen LogP contribution is 2.61. The highest BCUT2D eigenvalue weighted by atomic mass is 19.1. The van der Waals surface area contributed by atoms with Gasteiger partial charge in [-0.2, -0.15) is 0 Å². The maximum absolute atomic E-state index is 14.0. The van der Waals surface area contributed by atoms with Crippen LogP contribution in [0.1, 0.15) is 48.9 Å². The van der Waals surface area contributed by atoms with Gasteiger partial charge in [0.1, 0.15) is 17.1 Å². The Kier molecular flexibility index (Phi) is 4.22. The molecule has 4 fully saturated rings. The highest BCUT2D eigenvalue weighted by molar-refractivity contribution is 5.97. The summed E-state index contributed by atoms with van der Waals surface area (Å²) in [6.07, 6.45) is 6.57. The van der Waals surface area contributed by atoms with Crippen LogP contribution in [-0.4, -0.2) is 30.8 Å². The Morgan fingerprint density at radius 1 is 1.28 bits per heavy atom. The molecule has 25 heavy (non-hydrogen) atoms. The number of rotatable bonds is 5. The second kappa shape index (κ2) is 6.27. The smallest absolute Gasteiger partial charge is 0.258 e. The Morgan fingerprint density at radius 2 is 1.88 bits per heavy atom. The minimum Gasteiger partial charge on any atom is -0.496 e. The van der Waals surface area contributed by atoms with Crippen molar-refractivity contribution >= 4 is 5.91 Å². The number of aliphatic hydroxyl groups is 1. The molecule has 4 saturated carbocycles. The van der Waals surface area contributed by atoms with E-state index in [4.69, 9.17) is 4.74 Å². The van der Waals surface area contributed by atoms with Gasteiger partial charge in [-0.1, -0.05) is 6.07 Å². The average Bonchev–Trinajstić information content (AvgIpc) is 2.57. The molecule has 1 aromatic rings. The number of hydrogen-bond donors (Lipinski definition) is 2. The topological polar surface area (TPSA) is 58.6 Å². The number of carbonyl (C=O) groups is 1. The summed E-state index contributed by atoms with van der Waals surface area (Å²) in [4.78, 5) is 12.4. The number of benzene rings is 1. The molecule has 0 radical (unpaired) electrons. The van der Waals surface area contributed by atoms with Gasteiger partial charge in [-0.3, -0.25) is 4.79 Å². The molecular formula is C20H26FNO3. The van der Waals surface area contributed by atoms with Crippen molar-refractivity contribution in [1.29, 1.82) is 0 Å². The molecule has 1 amide bonds. The van der Waals surface area contributed by atoms with Gasteiger partial charge >= 0.3 is 0 Å². The van der Waals surface area contributed by atoms with Crippen molar-refractivity contribution in [2.24, 2.45) is 23.2 Å². The molecule has 0 spiro atoms. The molecule has 4 nitrogen and oxygen atoms in total. The number of amides is 1. The van der Waals surface area contributed by atoms with Gasteiger partial charge in [-0.05, 0) is 73.8 Å². The number of methoxy groups -OCH3 is 1. The predicted molar refractivity (Wildman–Crippen MR) is 91.9 cm³/mol. The first-order valence-electron chi connectivity index (χ1n) is 9.29. The van der Waals surface area contributed by atoms with Crippen LogP contribution in [0.4, 0.5) is 4.39 Å². The predicted octanol–water partition coefficient (Wildman–Crippen LogP) is 3.14. The van der Waals surface area contributed by atoms with Crippen molar-refractivity contribution in [2.75, 3.05) is 13.7 Å². The van der Waals surface area contributed by atoms with E-state index in [-0.39, 0.29) is 23.3 Å². The molecule has 136 valence electrons. The number of carbonyl (C=O) groups excluding carboxylic acids is 1. The van der Waals surface area contributed by atoms with Crippen LogP contribution in [0.3, 0.4) is 0 Å². The van der Waals surface area contributed by atoms with Gasteiger partial charge in [-0.15, -0.1) is 0 Å². The zero-order valence-electron chi connectivity index (χ0n) is 14.6. The van der Waals surface area contributed by atoms with Crippen molar-refractivity contribution in [1.82, 2.24) is 5.32 Å². The maximum Gasteiger partial charge on any atom is 0.258 e. The van der Waals surface area contributed by atoms with Gasteiger partial charge in [0.15, 0.2) is 0 Å². The Labute approximate surface area is 147 Å². The van der Waals surface area contributed by atoms with E-state index in [1.807, 2.05) is 0 Å². The molecule has 5 heteroatoms. The third kappa shape index (κ3) is 2.92. The lowest BCUT2D eigenvalue weighted by Gasteiger charge is -2.58. The molecule has 5 rings (SSSR count). The quantitative estimate of drug-likeness (QED) is 0.860. The summed E-state index contributed by atoms with van der Waals surface area (Å²) in [7, 11) is 1.41. The SMILES string of the molecule is COc1cccc(F)c1C(=O)NCC(O)C12CC3CC(CC(C3)C1)C2. The van der Waals surface area contributed by atoms with E-state index in [9.17, 15) is 14.3 Å². The summed E-state index contributed by atoms with van der Waals surface area (Å²) in [5.41, 5.74) is -0.149. The lowest BCUT2D eigenvalue weighted by atomic mass is 9.48. The molecular weight excluding hydrogens is 321 g/mol. The van der Waals surface area contributed by atoms with Crippen molar-refractivity contribution in [2.45, 2.75) is 44.6 Å². The lowest BCUT2D eigenvalue weighted by molar-refractivity contribution is -0.118. The van der Waals surface area contributed by atoms with Crippen LogP contribution in [0.15, 0.2) is 18.2 Å². The molecule has 0 heterocycles. The molecule has 4 aliphatic carbocycles. The zero-order valence-corrected chi connectivity index (χ0v) is 14.6. The third-order valence-electron chi connectivity index (χ3n) is 6.67. The minimum atomic E-state index is -0.610. The number of ether oxygens (including phenoxy) is 1.